The molecule has 0 aliphatic rings. The highest BCUT2D eigenvalue weighted by atomic mass is 32.2. The lowest BCUT2D eigenvalue weighted by molar-refractivity contribution is 0.414. The minimum atomic E-state index is -0.756. The predicted octanol–water partition coefficient (Wildman–Crippen LogP) is 3.67. The molecule has 1 N–H and O–H groups in total. The molecule has 0 aliphatic carbocycles. The molecule has 0 aromatic heterocycles. The maximum atomic E-state index is 12.2. The molecule has 21 heavy (non-hydrogen) atoms. The van der Waals surface area contributed by atoms with Gasteiger partial charge in [-0.15, -0.1) is 0 Å². The molecular formula is C17H29NO2S. The minimum absolute atomic E-state index is 0.165. The summed E-state index contributed by atoms with van der Waals surface area (Å²) in [5.74, 6) is 2.36. The van der Waals surface area contributed by atoms with Crippen molar-refractivity contribution in [1.29, 1.82) is 0 Å². The zero-order chi connectivity index (χ0) is 15.5. The summed E-state index contributed by atoms with van der Waals surface area (Å²) in [5, 5.41) is 3.51. The summed E-state index contributed by atoms with van der Waals surface area (Å²) in [6.45, 7) is 5.27. The SMILES string of the molecule is CCCCCS(=O)CC(NCCC)c1ccc(OC)cc1. The molecule has 2 atom stereocenters. The molecule has 0 aliphatic heterocycles. The summed E-state index contributed by atoms with van der Waals surface area (Å²) in [6, 6.07) is 8.23. The van der Waals surface area contributed by atoms with E-state index in [1.807, 2.05) is 12.1 Å². The summed E-state index contributed by atoms with van der Waals surface area (Å²) >= 11 is 0. The zero-order valence-corrected chi connectivity index (χ0v) is 14.4. The van der Waals surface area contributed by atoms with Gasteiger partial charge in [-0.25, -0.2) is 0 Å². The van der Waals surface area contributed by atoms with Crippen LogP contribution >= 0.6 is 0 Å². The first kappa shape index (κ1) is 18.2. The van der Waals surface area contributed by atoms with Crippen LogP contribution in [0.3, 0.4) is 0 Å². The summed E-state index contributed by atoms with van der Waals surface area (Å²) in [7, 11) is 0.915. The predicted molar refractivity (Wildman–Crippen MR) is 91.4 cm³/mol. The monoisotopic (exact) mass is 311 g/mol. The van der Waals surface area contributed by atoms with Gasteiger partial charge >= 0.3 is 0 Å². The molecule has 0 spiro atoms. The average Bonchev–Trinajstić information content (AvgIpc) is 2.52. The number of methoxy groups -OCH3 is 1. The van der Waals surface area contributed by atoms with Crippen LogP contribution in [0.5, 0.6) is 5.75 Å². The number of hydrogen-bond donors (Lipinski definition) is 1. The Bertz CT molecular complexity index is 406. The molecule has 120 valence electrons. The Labute approximate surface area is 131 Å². The molecule has 0 bridgehead atoms. The highest BCUT2D eigenvalue weighted by molar-refractivity contribution is 7.85. The summed E-state index contributed by atoms with van der Waals surface area (Å²) in [5.41, 5.74) is 1.19. The summed E-state index contributed by atoms with van der Waals surface area (Å²) in [4.78, 5) is 0. The van der Waals surface area contributed by atoms with Gasteiger partial charge in [-0.1, -0.05) is 38.8 Å². The molecule has 0 heterocycles. The van der Waals surface area contributed by atoms with Gasteiger partial charge in [-0.3, -0.25) is 4.21 Å². The molecule has 0 saturated carbocycles. The highest BCUT2D eigenvalue weighted by Gasteiger charge is 2.14. The largest absolute Gasteiger partial charge is 0.497 e. The lowest BCUT2D eigenvalue weighted by Crippen LogP contribution is -2.27. The summed E-state index contributed by atoms with van der Waals surface area (Å²) in [6.07, 6.45) is 4.48. The van der Waals surface area contributed by atoms with E-state index in [9.17, 15) is 4.21 Å². The lowest BCUT2D eigenvalue weighted by atomic mass is 10.1. The number of nitrogens with one attached hydrogen (secondary N) is 1. The Balaban J connectivity index is 2.63. The Morgan fingerprint density at radius 2 is 1.86 bits per heavy atom. The van der Waals surface area contributed by atoms with Crippen LogP contribution in [0.1, 0.15) is 51.1 Å². The fourth-order valence-corrected chi connectivity index (χ4v) is 3.58. The van der Waals surface area contributed by atoms with Gasteiger partial charge < -0.3 is 10.1 Å². The topological polar surface area (TPSA) is 38.3 Å². The van der Waals surface area contributed by atoms with E-state index in [4.69, 9.17) is 4.74 Å². The maximum absolute atomic E-state index is 12.2. The van der Waals surface area contributed by atoms with E-state index in [1.54, 1.807) is 7.11 Å². The van der Waals surface area contributed by atoms with Crippen LogP contribution in [0.15, 0.2) is 24.3 Å². The second-order valence-corrected chi connectivity index (χ2v) is 6.92. The second-order valence-electron chi connectivity index (χ2n) is 5.30. The standard InChI is InChI=1S/C17H29NO2S/c1-4-6-7-13-21(19)14-17(18-12-5-2)15-8-10-16(20-3)11-9-15/h8-11,17-18H,4-7,12-14H2,1-3H3. The van der Waals surface area contributed by atoms with E-state index in [1.165, 1.54) is 18.4 Å². The van der Waals surface area contributed by atoms with E-state index in [0.29, 0.717) is 5.75 Å². The van der Waals surface area contributed by atoms with Crippen molar-refractivity contribution in [2.45, 2.75) is 45.6 Å². The number of hydrogen-bond acceptors (Lipinski definition) is 3. The normalized spacial score (nSPS) is 13.9. The first-order valence-electron chi connectivity index (χ1n) is 7.93. The van der Waals surface area contributed by atoms with Crippen molar-refractivity contribution < 1.29 is 8.95 Å². The van der Waals surface area contributed by atoms with Crippen LogP contribution in [0.2, 0.25) is 0 Å². The maximum Gasteiger partial charge on any atom is 0.118 e. The quantitative estimate of drug-likeness (QED) is 0.634. The van der Waals surface area contributed by atoms with Gasteiger partial charge in [0.25, 0.3) is 0 Å². The molecule has 4 heteroatoms. The second kappa shape index (κ2) is 10.8. The molecule has 0 saturated heterocycles. The number of rotatable bonds is 11. The highest BCUT2D eigenvalue weighted by Crippen LogP contribution is 2.19. The summed E-state index contributed by atoms with van der Waals surface area (Å²) < 4.78 is 17.4. The van der Waals surface area contributed by atoms with Crippen molar-refractivity contribution in [2.75, 3.05) is 25.2 Å². The smallest absolute Gasteiger partial charge is 0.118 e. The third kappa shape index (κ3) is 7.09. The van der Waals surface area contributed by atoms with Crippen molar-refractivity contribution in [3.63, 3.8) is 0 Å². The van der Waals surface area contributed by atoms with Gasteiger partial charge in [0.2, 0.25) is 0 Å². The molecule has 0 fully saturated rings. The van der Waals surface area contributed by atoms with E-state index in [0.717, 1.165) is 30.9 Å². The van der Waals surface area contributed by atoms with Crippen molar-refractivity contribution >= 4 is 10.8 Å². The third-order valence-corrected chi connectivity index (χ3v) is 4.94. The third-order valence-electron chi connectivity index (χ3n) is 3.49. The Morgan fingerprint density at radius 1 is 1.14 bits per heavy atom. The van der Waals surface area contributed by atoms with Crippen LogP contribution in [0, 0.1) is 0 Å². The van der Waals surface area contributed by atoms with Gasteiger partial charge in [0.15, 0.2) is 0 Å². The van der Waals surface area contributed by atoms with Gasteiger partial charge in [0.05, 0.1) is 7.11 Å². The molecule has 1 aromatic rings. The number of benzene rings is 1. The van der Waals surface area contributed by atoms with E-state index >= 15 is 0 Å². The minimum Gasteiger partial charge on any atom is -0.497 e. The Hall–Kier alpha value is -0.870. The fraction of sp³-hybridized carbons (Fsp3) is 0.647. The van der Waals surface area contributed by atoms with Crippen LogP contribution in [0.25, 0.3) is 0 Å². The van der Waals surface area contributed by atoms with Crippen molar-refractivity contribution in [2.24, 2.45) is 0 Å². The first-order valence-corrected chi connectivity index (χ1v) is 9.42. The van der Waals surface area contributed by atoms with Gasteiger partial charge in [-0.2, -0.15) is 0 Å². The number of unbranched alkanes of at least 4 members (excludes halogenated alkanes) is 2. The Morgan fingerprint density at radius 3 is 2.43 bits per heavy atom. The van der Waals surface area contributed by atoms with Gasteiger partial charge in [0, 0.05) is 28.3 Å². The fourth-order valence-electron chi connectivity index (χ4n) is 2.21. The van der Waals surface area contributed by atoms with Crippen LogP contribution in [-0.4, -0.2) is 29.4 Å². The molecule has 0 radical (unpaired) electrons. The molecule has 3 nitrogen and oxygen atoms in total. The average molecular weight is 311 g/mol. The van der Waals surface area contributed by atoms with E-state index in [2.05, 4.69) is 31.3 Å². The van der Waals surface area contributed by atoms with Gasteiger partial charge in [-0.05, 0) is 37.1 Å². The lowest BCUT2D eigenvalue weighted by Gasteiger charge is -2.19. The molecule has 1 aromatic carbocycles. The van der Waals surface area contributed by atoms with E-state index in [-0.39, 0.29) is 6.04 Å². The number of ether oxygens (including phenoxy) is 1. The molecule has 2 unspecified atom stereocenters. The molecule has 0 amide bonds. The van der Waals surface area contributed by atoms with Crippen molar-refractivity contribution in [1.82, 2.24) is 5.32 Å². The van der Waals surface area contributed by atoms with E-state index < -0.39 is 10.8 Å². The zero-order valence-electron chi connectivity index (χ0n) is 13.6. The van der Waals surface area contributed by atoms with Crippen LogP contribution < -0.4 is 10.1 Å². The first-order chi connectivity index (χ1) is 10.2. The van der Waals surface area contributed by atoms with Crippen molar-refractivity contribution in [3.05, 3.63) is 29.8 Å². The van der Waals surface area contributed by atoms with Crippen LogP contribution in [-0.2, 0) is 10.8 Å². The van der Waals surface area contributed by atoms with Gasteiger partial charge in [0.1, 0.15) is 5.75 Å². The van der Waals surface area contributed by atoms with Crippen LogP contribution in [0.4, 0.5) is 0 Å². The molecular weight excluding hydrogens is 282 g/mol. The Kier molecular flexibility index (Phi) is 9.35. The van der Waals surface area contributed by atoms with Crippen molar-refractivity contribution in [3.8, 4) is 5.75 Å². The molecule has 1 rings (SSSR count).